The minimum Gasteiger partial charge on any atom is -0.465 e. The second kappa shape index (κ2) is 12.0. The van der Waals surface area contributed by atoms with Crippen molar-refractivity contribution >= 4 is 25.5 Å². The molecule has 6 atom stereocenters. The van der Waals surface area contributed by atoms with E-state index in [-0.39, 0.29) is 19.0 Å². The molecule has 2 rings (SSSR count). The second-order valence-electron chi connectivity index (χ2n) is 8.57. The van der Waals surface area contributed by atoms with Crippen molar-refractivity contribution in [3.05, 3.63) is 24.7 Å². The Bertz CT molecular complexity index is 949. The monoisotopic (exact) mass is 552 g/mol. The summed E-state index contributed by atoms with van der Waals surface area (Å²) in [4.78, 5) is 36.7. The smallest absolute Gasteiger partial charge is 0.342 e. The van der Waals surface area contributed by atoms with Crippen molar-refractivity contribution in [1.82, 2.24) is 20.4 Å². The van der Waals surface area contributed by atoms with Crippen molar-refractivity contribution in [2.24, 2.45) is 0 Å². The number of alkyl halides is 1. The number of aliphatic hydroxyl groups excluding tert-OH is 1. The Hall–Kier alpha value is -2.39. The van der Waals surface area contributed by atoms with Gasteiger partial charge in [0.2, 0.25) is 0 Å². The maximum Gasteiger partial charge on any atom is 0.342 e. The maximum absolute atomic E-state index is 15.9. The molecule has 0 aromatic heterocycles. The molecule has 1 fully saturated rings. The summed E-state index contributed by atoms with van der Waals surface area (Å²) < 4.78 is 49.8. The summed E-state index contributed by atoms with van der Waals surface area (Å²) in [5.74, 6) is -5.31. The van der Waals surface area contributed by atoms with E-state index in [1.807, 2.05) is 0 Å². The average molecular weight is 552 g/mol. The Labute approximate surface area is 213 Å². The fraction of sp³-hybridized carbons (Fsp3) is 0.667. The number of nitrogens with one attached hydrogen (secondary N) is 3. The number of rotatable bonds is 12. The fourth-order valence-electron chi connectivity index (χ4n) is 3.54. The number of carbonyl (C=O) groups excluding carboxylic acids is 3. The Morgan fingerprint density at radius 1 is 1.27 bits per heavy atom. The highest BCUT2D eigenvalue weighted by Gasteiger charge is 2.64. The van der Waals surface area contributed by atoms with Crippen molar-refractivity contribution in [1.29, 1.82) is 0 Å². The van der Waals surface area contributed by atoms with Crippen molar-refractivity contribution in [2.45, 2.75) is 70.5 Å². The van der Waals surface area contributed by atoms with E-state index in [1.165, 1.54) is 20.0 Å². The number of hydrogen-bond acceptors (Lipinski definition) is 11. The summed E-state index contributed by atoms with van der Waals surface area (Å²) in [5, 5.41) is 28.5. The lowest BCUT2D eigenvalue weighted by Crippen LogP contribution is -2.54. The molecule has 0 aliphatic carbocycles. The summed E-state index contributed by atoms with van der Waals surface area (Å²) >= 11 is 0. The molecule has 2 aliphatic heterocycles. The van der Waals surface area contributed by atoms with Crippen LogP contribution in [0.4, 0.5) is 4.39 Å². The van der Waals surface area contributed by atoms with Gasteiger partial charge in [0.15, 0.2) is 6.23 Å². The lowest BCUT2D eigenvalue weighted by Gasteiger charge is -2.36. The van der Waals surface area contributed by atoms with Crippen molar-refractivity contribution in [2.75, 3.05) is 19.8 Å². The third-order valence-corrected chi connectivity index (χ3v) is 7.39. The lowest BCUT2D eigenvalue weighted by molar-refractivity contribution is -0.206. The molecule has 37 heavy (non-hydrogen) atoms. The maximum atomic E-state index is 15.9. The van der Waals surface area contributed by atoms with E-state index in [0.717, 1.165) is 17.9 Å². The number of halogens is 1. The molecule has 1 saturated heterocycles. The van der Waals surface area contributed by atoms with Crippen LogP contribution in [0.2, 0.25) is 0 Å². The molecule has 2 heterocycles. The molecule has 0 bridgehead atoms. The van der Waals surface area contributed by atoms with E-state index >= 15 is 4.39 Å². The molecule has 0 aromatic rings. The predicted molar refractivity (Wildman–Crippen MR) is 126 cm³/mol. The highest BCUT2D eigenvalue weighted by molar-refractivity contribution is 7.54. The van der Waals surface area contributed by atoms with E-state index in [9.17, 15) is 29.2 Å². The van der Waals surface area contributed by atoms with Crippen LogP contribution in [-0.4, -0.2) is 88.7 Å². The van der Waals surface area contributed by atoms with Crippen molar-refractivity contribution < 1.29 is 52.3 Å². The first-order valence-corrected chi connectivity index (χ1v) is 13.1. The summed E-state index contributed by atoms with van der Waals surface area (Å²) in [7, 11) is -4.44. The SMILES string of the molecule is C=C1NC(=O)C=CN1[C@@H]1O[C@](F)(COP(=O)(NC(C)C(=O)OCC)NC(C)C(=O)OCC)[C@@H](O)[C@@]1(C)O. The molecule has 2 unspecified atom stereocenters. The van der Waals surface area contributed by atoms with E-state index in [1.54, 1.807) is 13.8 Å². The van der Waals surface area contributed by atoms with Crippen LogP contribution in [0.25, 0.3) is 0 Å². The minimum absolute atomic E-state index is 0.0312. The van der Waals surface area contributed by atoms with Crippen LogP contribution in [0, 0.1) is 0 Å². The largest absolute Gasteiger partial charge is 0.465 e. The zero-order valence-corrected chi connectivity index (χ0v) is 22.1. The third-order valence-electron chi connectivity index (χ3n) is 5.44. The standard InChI is InChI=1S/C21H34FN4O10P/c1-7-33-16(28)12(3)24-37(32,25-13(4)17(29)34-8-2)35-11-21(22)18(30)20(6,31)19(36-21)26-10-9-15(27)23-14(26)5/h9-10,12-13,18-19,30-31H,5,7-8,11H2,1-4,6H3,(H,23,27)(H2,24,25,32)/t12?,13?,18-,19+,20+,21+,37?/m0/s1. The molecular weight excluding hydrogens is 518 g/mol. The van der Waals surface area contributed by atoms with Gasteiger partial charge in [0.05, 0.1) is 13.2 Å². The zero-order chi connectivity index (χ0) is 28.2. The molecule has 14 nitrogen and oxygen atoms in total. The van der Waals surface area contributed by atoms with Crippen LogP contribution in [0.15, 0.2) is 24.7 Å². The fourth-order valence-corrected chi connectivity index (χ4v) is 5.35. The topological polar surface area (TPSA) is 185 Å². The molecule has 5 N–H and O–H groups in total. The van der Waals surface area contributed by atoms with Crippen LogP contribution >= 0.6 is 7.67 Å². The minimum atomic E-state index is -4.44. The van der Waals surface area contributed by atoms with E-state index in [4.69, 9.17) is 18.7 Å². The van der Waals surface area contributed by atoms with Crippen LogP contribution in [0.3, 0.4) is 0 Å². The summed E-state index contributed by atoms with van der Waals surface area (Å²) in [6.45, 7) is 9.27. The number of amides is 1. The van der Waals surface area contributed by atoms with Gasteiger partial charge in [0, 0.05) is 12.3 Å². The van der Waals surface area contributed by atoms with Gasteiger partial charge in [-0.15, -0.1) is 0 Å². The van der Waals surface area contributed by atoms with E-state index in [0.29, 0.717) is 0 Å². The molecule has 210 valence electrons. The molecule has 0 aromatic carbocycles. The number of carbonyl (C=O) groups is 3. The van der Waals surface area contributed by atoms with Crippen molar-refractivity contribution in [3.63, 3.8) is 0 Å². The molecule has 1 amide bonds. The third kappa shape index (κ3) is 7.13. The molecule has 0 radical (unpaired) electrons. The molecule has 2 aliphatic rings. The van der Waals surface area contributed by atoms with Crippen LogP contribution < -0.4 is 15.5 Å². The number of aliphatic hydroxyl groups is 2. The molecular formula is C21H34FN4O10P. The predicted octanol–water partition coefficient (Wildman–Crippen LogP) is -0.256. The first kappa shape index (κ1) is 30.8. The Morgan fingerprint density at radius 2 is 1.78 bits per heavy atom. The number of ether oxygens (including phenoxy) is 3. The van der Waals surface area contributed by atoms with Gasteiger partial charge in [-0.1, -0.05) is 6.58 Å². The molecule has 0 saturated carbocycles. The number of hydrogen-bond donors (Lipinski definition) is 5. The Morgan fingerprint density at radius 3 is 2.24 bits per heavy atom. The van der Waals surface area contributed by atoms with E-state index in [2.05, 4.69) is 22.1 Å². The zero-order valence-electron chi connectivity index (χ0n) is 21.2. The van der Waals surface area contributed by atoms with Crippen LogP contribution in [-0.2, 0) is 37.7 Å². The highest BCUT2D eigenvalue weighted by atomic mass is 31.2. The van der Waals surface area contributed by atoms with Gasteiger partial charge in [0.25, 0.3) is 11.8 Å². The quantitative estimate of drug-likeness (QED) is 0.158. The van der Waals surface area contributed by atoms with Gasteiger partial charge in [-0.2, -0.15) is 0 Å². The van der Waals surface area contributed by atoms with Gasteiger partial charge >= 0.3 is 19.6 Å². The van der Waals surface area contributed by atoms with Crippen LogP contribution in [0.1, 0.15) is 34.6 Å². The summed E-state index contributed by atoms with van der Waals surface area (Å²) in [5.41, 5.74) is -2.27. The Balaban J connectivity index is 2.27. The normalized spacial score (nSPS) is 30.9. The van der Waals surface area contributed by atoms with Crippen molar-refractivity contribution in [3.8, 4) is 0 Å². The highest BCUT2D eigenvalue weighted by Crippen LogP contribution is 2.46. The number of nitrogens with zero attached hydrogens (tertiary/aromatic N) is 1. The molecule has 0 spiro atoms. The van der Waals surface area contributed by atoms with Gasteiger partial charge in [0.1, 0.15) is 36.2 Å². The first-order chi connectivity index (χ1) is 17.1. The van der Waals surface area contributed by atoms with Crippen LogP contribution in [0.5, 0.6) is 0 Å². The van der Waals surface area contributed by atoms with Gasteiger partial charge in [-0.25, -0.2) is 14.6 Å². The second-order valence-corrected chi connectivity index (χ2v) is 10.5. The Kier molecular flexibility index (Phi) is 9.99. The average Bonchev–Trinajstić information content (AvgIpc) is 2.98. The lowest BCUT2D eigenvalue weighted by atomic mass is 9.95. The van der Waals surface area contributed by atoms with Gasteiger partial charge < -0.3 is 34.6 Å². The van der Waals surface area contributed by atoms with E-state index < -0.39 is 68.0 Å². The first-order valence-electron chi connectivity index (χ1n) is 11.5. The molecule has 16 heteroatoms. The number of esters is 2. The van der Waals surface area contributed by atoms with Gasteiger partial charge in [-0.3, -0.25) is 23.5 Å². The van der Waals surface area contributed by atoms with Gasteiger partial charge in [-0.05, 0) is 34.6 Å². The summed E-state index contributed by atoms with van der Waals surface area (Å²) in [6.07, 6.45) is -1.57. The summed E-state index contributed by atoms with van der Waals surface area (Å²) in [6, 6.07) is -2.45.